The van der Waals surface area contributed by atoms with E-state index in [4.69, 9.17) is 37.9 Å². The van der Waals surface area contributed by atoms with E-state index in [1.54, 1.807) is 12.1 Å². The summed E-state index contributed by atoms with van der Waals surface area (Å²) in [5, 5.41) is 0. The fourth-order valence-corrected chi connectivity index (χ4v) is 2.94. The molecule has 0 unspecified atom stereocenters. The summed E-state index contributed by atoms with van der Waals surface area (Å²) < 4.78 is 42.4. The quantitative estimate of drug-likeness (QED) is 0.559. The van der Waals surface area contributed by atoms with E-state index in [-0.39, 0.29) is 24.3 Å². The zero-order chi connectivity index (χ0) is 23.1. The van der Waals surface area contributed by atoms with Crippen molar-refractivity contribution in [3.8, 4) is 23.0 Å². The van der Waals surface area contributed by atoms with Crippen LogP contribution in [0.4, 0.5) is 0 Å². The molecule has 10 heteroatoms. The molecule has 0 aliphatic carbocycles. The maximum absolute atomic E-state index is 12.6. The monoisotopic (exact) mass is 448 g/mol. The molecular weight excluding hydrogens is 424 g/mol. The lowest BCUT2D eigenvalue weighted by molar-refractivity contribution is -0.288. The lowest BCUT2D eigenvalue weighted by atomic mass is 10.2. The second-order valence-electron chi connectivity index (χ2n) is 6.43. The molecule has 0 N–H and O–H groups in total. The van der Waals surface area contributed by atoms with E-state index in [1.807, 2.05) is 0 Å². The highest BCUT2D eigenvalue weighted by atomic mass is 16.8. The Hall–Kier alpha value is -3.50. The number of ether oxygens (including phenoxy) is 8. The van der Waals surface area contributed by atoms with Crippen LogP contribution in [-0.4, -0.2) is 66.2 Å². The molecule has 2 atom stereocenters. The molecule has 2 aromatic rings. The molecule has 1 saturated heterocycles. The molecule has 0 saturated carbocycles. The van der Waals surface area contributed by atoms with Gasteiger partial charge in [-0.1, -0.05) is 0 Å². The van der Waals surface area contributed by atoms with Crippen LogP contribution >= 0.6 is 0 Å². The molecule has 0 bridgehead atoms. The van der Waals surface area contributed by atoms with Crippen molar-refractivity contribution < 1.29 is 47.5 Å². The summed E-state index contributed by atoms with van der Waals surface area (Å²) >= 11 is 0. The fraction of sp³-hybridized carbons (Fsp3) is 0.364. The highest BCUT2D eigenvalue weighted by molar-refractivity contribution is 5.91. The molecular formula is C22H24O10. The van der Waals surface area contributed by atoms with E-state index in [2.05, 4.69) is 0 Å². The minimum Gasteiger partial charge on any atom is -0.493 e. The van der Waals surface area contributed by atoms with Crippen molar-refractivity contribution >= 4 is 11.9 Å². The first-order chi connectivity index (χ1) is 15.5. The molecule has 10 nitrogen and oxygen atoms in total. The Morgan fingerprint density at radius 1 is 0.656 bits per heavy atom. The summed E-state index contributed by atoms with van der Waals surface area (Å²) in [5.41, 5.74) is 0.392. The Morgan fingerprint density at radius 3 is 1.38 bits per heavy atom. The number of carbonyl (C=O) groups is 2. The summed E-state index contributed by atoms with van der Waals surface area (Å²) in [6, 6.07) is 9.10. The van der Waals surface area contributed by atoms with Crippen LogP contribution in [0, 0.1) is 0 Å². The second-order valence-corrected chi connectivity index (χ2v) is 6.43. The molecule has 0 radical (unpaired) electrons. The second kappa shape index (κ2) is 10.7. The Bertz CT molecular complexity index is 880. The van der Waals surface area contributed by atoms with Gasteiger partial charge in [0.25, 0.3) is 12.6 Å². The Balaban J connectivity index is 1.71. The minimum absolute atomic E-state index is 0.161. The minimum atomic E-state index is -1.26. The van der Waals surface area contributed by atoms with E-state index in [0.717, 1.165) is 0 Å². The zero-order valence-corrected chi connectivity index (χ0v) is 18.1. The molecule has 1 aliphatic rings. The van der Waals surface area contributed by atoms with Crippen LogP contribution in [0.5, 0.6) is 23.0 Å². The third kappa shape index (κ3) is 5.21. The maximum atomic E-state index is 12.6. The van der Waals surface area contributed by atoms with Gasteiger partial charge in [0.1, 0.15) is 0 Å². The number of esters is 2. The van der Waals surface area contributed by atoms with Crippen LogP contribution < -0.4 is 18.9 Å². The number of methoxy groups -OCH3 is 4. The van der Waals surface area contributed by atoms with Crippen molar-refractivity contribution in [2.24, 2.45) is 0 Å². The van der Waals surface area contributed by atoms with E-state index in [1.165, 1.54) is 52.7 Å². The molecule has 1 aliphatic heterocycles. The van der Waals surface area contributed by atoms with Gasteiger partial charge in [-0.15, -0.1) is 0 Å². The van der Waals surface area contributed by atoms with Crippen LogP contribution in [0.2, 0.25) is 0 Å². The molecule has 0 spiro atoms. The van der Waals surface area contributed by atoms with Gasteiger partial charge in [-0.25, -0.2) is 9.59 Å². The van der Waals surface area contributed by atoms with Gasteiger partial charge in [-0.05, 0) is 36.4 Å². The molecule has 0 aromatic heterocycles. The number of benzene rings is 2. The van der Waals surface area contributed by atoms with Crippen molar-refractivity contribution in [3.05, 3.63) is 47.5 Å². The molecule has 172 valence electrons. The lowest BCUT2D eigenvalue weighted by Gasteiger charge is -2.30. The predicted octanol–water partition coefficient (Wildman–Crippen LogP) is 2.43. The first-order valence-electron chi connectivity index (χ1n) is 9.60. The van der Waals surface area contributed by atoms with Crippen molar-refractivity contribution in [2.45, 2.75) is 12.6 Å². The Labute approximate surface area is 184 Å². The normalized spacial score (nSPS) is 17.8. The standard InChI is InChI=1S/C22H24O10/c1-25-15-7-5-13(11-17(15)27-3)19(23)31-21-22(30-10-9-29-21)32-20(24)14-6-8-16(26-2)18(12-14)28-4/h5-8,11-12,21-22H,9-10H2,1-4H3/t21-,22-/m1/s1. The van der Waals surface area contributed by atoms with Crippen molar-refractivity contribution in [3.63, 3.8) is 0 Å². The first kappa shape index (κ1) is 23.2. The number of hydrogen-bond donors (Lipinski definition) is 0. The van der Waals surface area contributed by atoms with E-state index in [0.29, 0.717) is 23.0 Å². The summed E-state index contributed by atoms with van der Waals surface area (Å²) in [7, 11) is 5.88. The van der Waals surface area contributed by atoms with Gasteiger partial charge in [0.15, 0.2) is 23.0 Å². The van der Waals surface area contributed by atoms with Crippen molar-refractivity contribution in [1.29, 1.82) is 0 Å². The van der Waals surface area contributed by atoms with Crippen LogP contribution in [-0.2, 0) is 18.9 Å². The molecule has 1 heterocycles. The lowest BCUT2D eigenvalue weighted by Crippen LogP contribution is -2.44. The van der Waals surface area contributed by atoms with Gasteiger partial charge >= 0.3 is 11.9 Å². The van der Waals surface area contributed by atoms with E-state index in [9.17, 15) is 9.59 Å². The predicted molar refractivity (Wildman–Crippen MR) is 109 cm³/mol. The first-order valence-corrected chi connectivity index (χ1v) is 9.60. The van der Waals surface area contributed by atoms with Crippen LogP contribution in [0.3, 0.4) is 0 Å². The van der Waals surface area contributed by atoms with Crippen LogP contribution in [0.25, 0.3) is 0 Å². The largest absolute Gasteiger partial charge is 0.493 e. The van der Waals surface area contributed by atoms with Gasteiger partial charge in [-0.3, -0.25) is 0 Å². The smallest absolute Gasteiger partial charge is 0.340 e. The van der Waals surface area contributed by atoms with Gasteiger partial charge in [-0.2, -0.15) is 0 Å². The Morgan fingerprint density at radius 2 is 1.03 bits per heavy atom. The topological polar surface area (TPSA) is 108 Å². The maximum Gasteiger partial charge on any atom is 0.340 e. The molecule has 3 rings (SSSR count). The summed E-state index contributed by atoms with van der Waals surface area (Å²) in [5.74, 6) is 0.215. The third-order valence-corrected chi connectivity index (χ3v) is 4.55. The van der Waals surface area contributed by atoms with Crippen molar-refractivity contribution in [2.75, 3.05) is 41.7 Å². The highest BCUT2D eigenvalue weighted by Crippen LogP contribution is 2.29. The highest BCUT2D eigenvalue weighted by Gasteiger charge is 2.34. The molecule has 32 heavy (non-hydrogen) atoms. The summed E-state index contributed by atoms with van der Waals surface area (Å²) in [6.07, 6.45) is -2.51. The molecule has 1 fully saturated rings. The van der Waals surface area contributed by atoms with Gasteiger partial charge in [0, 0.05) is 0 Å². The average molecular weight is 448 g/mol. The van der Waals surface area contributed by atoms with Gasteiger partial charge in [0.05, 0.1) is 52.8 Å². The van der Waals surface area contributed by atoms with Gasteiger partial charge < -0.3 is 37.9 Å². The van der Waals surface area contributed by atoms with Crippen LogP contribution in [0.15, 0.2) is 36.4 Å². The van der Waals surface area contributed by atoms with E-state index < -0.39 is 24.5 Å². The number of hydrogen-bond acceptors (Lipinski definition) is 10. The number of carbonyl (C=O) groups excluding carboxylic acids is 2. The SMILES string of the molecule is COc1ccc(C(=O)O[C@H]2OCCO[C@@H]2OC(=O)c2ccc(OC)c(OC)c2)cc1OC. The van der Waals surface area contributed by atoms with Crippen LogP contribution in [0.1, 0.15) is 20.7 Å². The van der Waals surface area contributed by atoms with E-state index >= 15 is 0 Å². The molecule has 0 amide bonds. The van der Waals surface area contributed by atoms with Gasteiger partial charge in [0.2, 0.25) is 0 Å². The zero-order valence-electron chi connectivity index (χ0n) is 18.1. The molecule has 2 aromatic carbocycles. The fourth-order valence-electron chi connectivity index (χ4n) is 2.94. The number of rotatable bonds is 8. The van der Waals surface area contributed by atoms with Crippen molar-refractivity contribution in [1.82, 2.24) is 0 Å². The summed E-state index contributed by atoms with van der Waals surface area (Å²) in [6.45, 7) is 0.322. The Kier molecular flexibility index (Phi) is 7.74. The third-order valence-electron chi connectivity index (χ3n) is 4.55. The summed E-state index contributed by atoms with van der Waals surface area (Å²) in [4.78, 5) is 25.2. The average Bonchev–Trinajstić information content (AvgIpc) is 2.84.